The number of ether oxygens (including phenoxy) is 5. The predicted octanol–water partition coefficient (Wildman–Crippen LogP) is 8.48. The zero-order valence-electron chi connectivity index (χ0n) is 44.2. The van der Waals surface area contributed by atoms with Crippen LogP contribution in [0.4, 0.5) is 5.69 Å². The number of aliphatic hydroxyl groups is 3. The van der Waals surface area contributed by atoms with E-state index in [2.05, 4.69) is 12.2 Å². The Morgan fingerprint density at radius 3 is 2.24 bits per heavy atom. The summed E-state index contributed by atoms with van der Waals surface area (Å²) in [6, 6.07) is 6.21. The van der Waals surface area contributed by atoms with E-state index in [1.807, 2.05) is 88.4 Å². The Morgan fingerprint density at radius 2 is 1.55 bits per heavy atom. The molecule has 1 aromatic rings. The third-order valence-corrected chi connectivity index (χ3v) is 15.7. The van der Waals surface area contributed by atoms with Crippen molar-refractivity contribution >= 4 is 29.1 Å². The molecule has 396 valence electrons. The molecule has 4 N–H and O–H groups in total. The normalized spacial score (nSPS) is 37.8. The monoisotopic (exact) mass is 991 g/mol. The first-order valence-corrected chi connectivity index (χ1v) is 26.3. The summed E-state index contributed by atoms with van der Waals surface area (Å²) < 4.78 is 29.5. The number of cyclic esters (lactones) is 1. The van der Waals surface area contributed by atoms with E-state index < -0.39 is 65.9 Å². The van der Waals surface area contributed by atoms with Crippen LogP contribution in [0.5, 0.6) is 5.75 Å². The van der Waals surface area contributed by atoms with Gasteiger partial charge in [-0.15, -0.1) is 0 Å². The highest BCUT2D eigenvalue weighted by atomic mass is 16.6. The number of benzene rings is 1. The lowest BCUT2D eigenvalue weighted by Crippen LogP contribution is -2.61. The first kappa shape index (κ1) is 57.7. The number of carbonyl (C=O) groups excluding carboxylic acids is 4. The van der Waals surface area contributed by atoms with Crippen molar-refractivity contribution in [1.82, 2.24) is 4.90 Å². The van der Waals surface area contributed by atoms with Gasteiger partial charge in [0.1, 0.15) is 30.1 Å². The fourth-order valence-electron chi connectivity index (χ4n) is 11.1. The first-order chi connectivity index (χ1) is 33.8. The van der Waals surface area contributed by atoms with Gasteiger partial charge in [0, 0.05) is 44.3 Å². The number of rotatable bonds is 8. The average Bonchev–Trinajstić information content (AvgIpc) is 3.35. The largest absolute Gasteiger partial charge is 0.497 e. The minimum Gasteiger partial charge on any atom is -0.497 e. The molecule has 14 nitrogen and oxygen atoms in total. The zero-order valence-corrected chi connectivity index (χ0v) is 44.2. The summed E-state index contributed by atoms with van der Waals surface area (Å²) in [5, 5.41) is 37.9. The van der Waals surface area contributed by atoms with Gasteiger partial charge < -0.3 is 49.2 Å². The van der Waals surface area contributed by atoms with Crippen LogP contribution in [0.2, 0.25) is 0 Å². The van der Waals surface area contributed by atoms with Crippen molar-refractivity contribution in [3.63, 3.8) is 0 Å². The molecule has 14 heteroatoms. The number of hydrogen-bond acceptors (Lipinski definition) is 13. The number of esters is 1. The van der Waals surface area contributed by atoms with Gasteiger partial charge in [0.05, 0.1) is 25.4 Å². The molecule has 3 fully saturated rings. The van der Waals surface area contributed by atoms with E-state index in [0.29, 0.717) is 88.4 Å². The van der Waals surface area contributed by atoms with Crippen molar-refractivity contribution in [3.05, 3.63) is 71.9 Å². The van der Waals surface area contributed by atoms with Crippen LogP contribution in [-0.4, -0.2) is 126 Å². The molecule has 5 rings (SSSR count). The highest BCUT2D eigenvalue weighted by Gasteiger charge is 2.53. The van der Waals surface area contributed by atoms with E-state index in [9.17, 15) is 34.5 Å². The van der Waals surface area contributed by atoms with Crippen molar-refractivity contribution in [2.24, 2.45) is 35.5 Å². The number of carbonyl (C=O) groups is 4. The lowest BCUT2D eigenvalue weighted by Gasteiger charge is -2.43. The Balaban J connectivity index is 1.48. The maximum atomic E-state index is 14.5. The van der Waals surface area contributed by atoms with Gasteiger partial charge in [-0.2, -0.15) is 0 Å². The average molecular weight is 991 g/mol. The maximum absolute atomic E-state index is 14.5. The van der Waals surface area contributed by atoms with Gasteiger partial charge in [-0.25, -0.2) is 4.79 Å². The van der Waals surface area contributed by atoms with Crippen molar-refractivity contribution in [1.29, 1.82) is 0 Å². The molecule has 2 bridgehead atoms. The number of ketones is 2. The third-order valence-electron chi connectivity index (χ3n) is 15.7. The minimum atomic E-state index is -2.41. The summed E-state index contributed by atoms with van der Waals surface area (Å²) in [5.74, 6) is -5.53. The van der Waals surface area contributed by atoms with Crippen molar-refractivity contribution in [2.45, 2.75) is 186 Å². The smallest absolute Gasteiger partial charge is 0.329 e. The molecule has 1 aromatic carbocycles. The Kier molecular flexibility index (Phi) is 22.1. The van der Waals surface area contributed by atoms with Crippen LogP contribution in [-0.2, 0) is 38.1 Å². The van der Waals surface area contributed by atoms with Crippen LogP contribution in [0, 0.1) is 35.5 Å². The molecule has 1 amide bonds. The topological polar surface area (TPSA) is 190 Å². The molecule has 71 heavy (non-hydrogen) atoms. The second-order valence-electron chi connectivity index (χ2n) is 21.4. The van der Waals surface area contributed by atoms with Crippen LogP contribution in [0.1, 0.15) is 132 Å². The molecule has 1 aliphatic carbocycles. The number of piperidine rings is 1. The molecule has 4 aliphatic rings. The Morgan fingerprint density at radius 1 is 0.817 bits per heavy atom. The highest BCUT2D eigenvalue weighted by Crippen LogP contribution is 2.38. The standard InChI is InChI=1S/C57H86N2O12/c1-35-16-12-11-13-17-37(3)46(58-43-22-25-44(67-8)26-23-43)34-45-24-20-41(7)57(66,71-45)54(63)55(64)59-29-15-14-18-47(59)56(65)70-49(38(4)32-42-21-27-48(60)50(33-42)68-9)28-19-36(2)31-40(6)52(62)53(69-10)51(61)39(5)30-35/h11-13,16-17,22-23,25-26,31,35-36,38-39,41-42,45-50,52-53,58,60,62,66H,14-15,18-21,24,27-30,32-34H2,1-10H3/b13-11+,16-12+,37-17+,40-31+/t35-,36+,38-,39-,41-,42-,45+,46?,47+,48-,49+,50-,52-,53+,57-/m1/s1. The molecule has 3 aliphatic heterocycles. The van der Waals surface area contributed by atoms with Gasteiger partial charge in [0.25, 0.3) is 11.7 Å². The highest BCUT2D eigenvalue weighted by molar-refractivity contribution is 6.39. The summed E-state index contributed by atoms with van der Waals surface area (Å²) in [6.45, 7) is 13.7. The quantitative estimate of drug-likeness (QED) is 0.110. The van der Waals surface area contributed by atoms with Crippen LogP contribution in [0.3, 0.4) is 0 Å². The predicted molar refractivity (Wildman–Crippen MR) is 274 cm³/mol. The summed E-state index contributed by atoms with van der Waals surface area (Å²) in [4.78, 5) is 58.6. The molecule has 1 saturated carbocycles. The van der Waals surface area contributed by atoms with Gasteiger partial charge in [0.2, 0.25) is 5.79 Å². The number of hydrogen-bond donors (Lipinski definition) is 4. The van der Waals surface area contributed by atoms with Gasteiger partial charge >= 0.3 is 5.97 Å². The molecule has 3 heterocycles. The second-order valence-corrected chi connectivity index (χ2v) is 21.4. The Labute approximate surface area is 423 Å². The van der Waals surface area contributed by atoms with E-state index in [-0.39, 0.29) is 54.1 Å². The zero-order chi connectivity index (χ0) is 52.0. The van der Waals surface area contributed by atoms with E-state index in [1.54, 1.807) is 28.1 Å². The Hall–Kier alpha value is -4.18. The fourth-order valence-corrected chi connectivity index (χ4v) is 11.1. The number of nitrogens with zero attached hydrogens (tertiary/aromatic N) is 1. The molecule has 0 spiro atoms. The number of methoxy groups -OCH3 is 3. The summed E-state index contributed by atoms with van der Waals surface area (Å²) in [6.07, 6.45) is 14.9. The van der Waals surface area contributed by atoms with E-state index in [1.165, 1.54) is 12.0 Å². The molecule has 2 saturated heterocycles. The summed E-state index contributed by atoms with van der Waals surface area (Å²) in [7, 11) is 4.66. The van der Waals surface area contributed by atoms with Crippen LogP contribution in [0.15, 0.2) is 71.9 Å². The molecule has 0 radical (unpaired) electrons. The van der Waals surface area contributed by atoms with Gasteiger partial charge in [-0.05, 0) is 151 Å². The fraction of sp³-hybridized carbons (Fsp3) is 0.684. The number of allylic oxidation sites excluding steroid dienone is 6. The molecule has 1 unspecified atom stereocenters. The van der Waals surface area contributed by atoms with Crippen molar-refractivity contribution < 1.29 is 58.2 Å². The van der Waals surface area contributed by atoms with Crippen molar-refractivity contribution in [3.8, 4) is 5.75 Å². The number of fused-ring (bicyclic) bond motifs is 3. The summed E-state index contributed by atoms with van der Waals surface area (Å²) in [5.41, 5.74) is 2.39. The van der Waals surface area contributed by atoms with Gasteiger partial charge in [-0.1, -0.05) is 76.6 Å². The number of anilines is 1. The molecule has 15 atom stereocenters. The van der Waals surface area contributed by atoms with E-state index in [0.717, 1.165) is 17.7 Å². The molecular formula is C57H86N2O12. The molecule has 0 aromatic heterocycles. The minimum absolute atomic E-state index is 0.0472. The summed E-state index contributed by atoms with van der Waals surface area (Å²) >= 11 is 0. The Bertz CT molecular complexity index is 2030. The van der Waals surface area contributed by atoms with Gasteiger partial charge in [0.15, 0.2) is 5.78 Å². The lowest BCUT2D eigenvalue weighted by molar-refractivity contribution is -0.263. The number of nitrogens with one attached hydrogen (secondary N) is 1. The lowest BCUT2D eigenvalue weighted by atomic mass is 9.78. The number of aliphatic hydroxyl groups excluding tert-OH is 2. The van der Waals surface area contributed by atoms with Crippen molar-refractivity contribution in [2.75, 3.05) is 33.2 Å². The number of amides is 1. The molecular weight excluding hydrogens is 905 g/mol. The van der Waals surface area contributed by atoms with E-state index >= 15 is 0 Å². The van der Waals surface area contributed by atoms with Gasteiger partial charge in [-0.3, -0.25) is 14.4 Å². The maximum Gasteiger partial charge on any atom is 0.329 e. The third kappa shape index (κ3) is 15.7. The second kappa shape index (κ2) is 27.2. The van der Waals surface area contributed by atoms with Crippen LogP contribution < -0.4 is 10.1 Å². The SMILES string of the molecule is COc1ccc(NC2C[C@@H]3CC[C@@H](C)[C@@](O)(O3)C(=O)C(=O)N3CCCC[C@H]3C(=O)O[C@H]([C@H](C)C[C@H]3CC[C@@H](O)[C@H](OC)C3)CC[C@H](C)/C=C(\C)[C@@H](O)[C@@H](OC)C(=O)[C@H](C)C[C@H](C)/C=C/C=C/C=C/2C)cc1. The van der Waals surface area contributed by atoms with Crippen LogP contribution >= 0.6 is 0 Å². The number of Topliss-reactive ketones (excluding diaryl/α,β-unsaturated/α-hetero) is 2. The van der Waals surface area contributed by atoms with E-state index in [4.69, 9.17) is 23.7 Å². The first-order valence-electron chi connectivity index (χ1n) is 26.3. The van der Waals surface area contributed by atoms with Crippen LogP contribution in [0.25, 0.3) is 0 Å².